The van der Waals surface area contributed by atoms with Gasteiger partial charge in [-0.05, 0) is 13.8 Å². The molecule has 0 saturated heterocycles. The van der Waals surface area contributed by atoms with Crippen molar-refractivity contribution in [1.29, 1.82) is 0 Å². The standard InChI is InChI=1S/C23H40O6/c1-17(2)19(24)28-15-22(7,8)13-26-11-21(5,6)12-27-14-23(9,10)16-29-20(25)18(3)4/h1,3,11-16H2,2,4-10H3. The van der Waals surface area contributed by atoms with E-state index in [1.54, 1.807) is 13.8 Å². The zero-order valence-electron chi connectivity index (χ0n) is 19.6. The molecule has 0 spiro atoms. The quantitative estimate of drug-likeness (QED) is 0.312. The summed E-state index contributed by atoms with van der Waals surface area (Å²) in [5.41, 5.74) is -0.00168. The average Bonchev–Trinajstić information content (AvgIpc) is 2.56. The number of hydrogen-bond donors (Lipinski definition) is 0. The van der Waals surface area contributed by atoms with Crippen LogP contribution in [-0.2, 0) is 28.5 Å². The molecule has 0 rings (SSSR count). The van der Waals surface area contributed by atoms with Crippen molar-refractivity contribution < 1.29 is 28.5 Å². The summed E-state index contributed by atoms with van der Waals surface area (Å²) >= 11 is 0. The van der Waals surface area contributed by atoms with Gasteiger partial charge in [0.1, 0.15) is 0 Å². The highest BCUT2D eigenvalue weighted by Gasteiger charge is 2.26. The van der Waals surface area contributed by atoms with E-state index in [0.29, 0.717) is 37.6 Å². The molecule has 168 valence electrons. The summed E-state index contributed by atoms with van der Waals surface area (Å²) in [6.45, 7) is 24.9. The minimum Gasteiger partial charge on any atom is -0.462 e. The van der Waals surface area contributed by atoms with Gasteiger partial charge in [-0.25, -0.2) is 9.59 Å². The van der Waals surface area contributed by atoms with Gasteiger partial charge >= 0.3 is 11.9 Å². The molecule has 0 atom stereocenters. The second-order valence-corrected chi connectivity index (χ2v) is 10.2. The van der Waals surface area contributed by atoms with Crippen LogP contribution >= 0.6 is 0 Å². The molecule has 0 heterocycles. The molecule has 0 radical (unpaired) electrons. The Balaban J connectivity index is 4.25. The summed E-state index contributed by atoms with van der Waals surface area (Å²) in [6, 6.07) is 0. The number of hydrogen-bond acceptors (Lipinski definition) is 6. The zero-order valence-corrected chi connectivity index (χ0v) is 19.6. The van der Waals surface area contributed by atoms with Crippen molar-refractivity contribution in [3.05, 3.63) is 24.3 Å². The van der Waals surface area contributed by atoms with Crippen LogP contribution in [0.1, 0.15) is 55.4 Å². The lowest BCUT2D eigenvalue weighted by atomic mass is 9.93. The first-order chi connectivity index (χ1) is 13.1. The van der Waals surface area contributed by atoms with Gasteiger partial charge in [0.25, 0.3) is 0 Å². The Morgan fingerprint density at radius 3 is 1.07 bits per heavy atom. The third-order valence-electron chi connectivity index (χ3n) is 3.86. The van der Waals surface area contributed by atoms with Crippen molar-refractivity contribution in [2.24, 2.45) is 16.2 Å². The van der Waals surface area contributed by atoms with E-state index in [4.69, 9.17) is 18.9 Å². The third-order valence-corrected chi connectivity index (χ3v) is 3.86. The first kappa shape index (κ1) is 27.3. The maximum Gasteiger partial charge on any atom is 0.333 e. The van der Waals surface area contributed by atoms with E-state index in [0.717, 1.165) is 0 Å². The molecule has 0 aliphatic carbocycles. The Morgan fingerprint density at radius 1 is 0.586 bits per heavy atom. The van der Waals surface area contributed by atoms with Crippen molar-refractivity contribution in [3.63, 3.8) is 0 Å². The van der Waals surface area contributed by atoms with Crippen LogP contribution in [0.4, 0.5) is 0 Å². The molecule has 29 heavy (non-hydrogen) atoms. The van der Waals surface area contributed by atoms with Gasteiger partial charge in [0, 0.05) is 27.4 Å². The lowest BCUT2D eigenvalue weighted by Gasteiger charge is -2.30. The monoisotopic (exact) mass is 412 g/mol. The summed E-state index contributed by atoms with van der Waals surface area (Å²) in [6.07, 6.45) is 0. The largest absolute Gasteiger partial charge is 0.462 e. The summed E-state index contributed by atoms with van der Waals surface area (Å²) in [4.78, 5) is 23.1. The highest BCUT2D eigenvalue weighted by atomic mass is 16.5. The van der Waals surface area contributed by atoms with E-state index in [9.17, 15) is 9.59 Å². The number of rotatable bonds is 14. The second kappa shape index (κ2) is 11.5. The Kier molecular flexibility index (Phi) is 10.8. The molecule has 0 aromatic heterocycles. The molecular formula is C23H40O6. The van der Waals surface area contributed by atoms with Crippen LogP contribution < -0.4 is 0 Å². The van der Waals surface area contributed by atoms with E-state index in [2.05, 4.69) is 27.0 Å². The molecule has 6 heteroatoms. The molecule has 0 fully saturated rings. The first-order valence-corrected chi connectivity index (χ1v) is 9.88. The SMILES string of the molecule is C=C(C)C(=O)OCC(C)(C)COCC(C)(C)COCC(C)(C)COC(=O)C(=C)C. The normalized spacial score (nSPS) is 12.4. The van der Waals surface area contributed by atoms with Crippen LogP contribution in [0, 0.1) is 16.2 Å². The fraction of sp³-hybridized carbons (Fsp3) is 0.739. The lowest BCUT2D eigenvalue weighted by molar-refractivity contribution is -0.143. The minimum atomic E-state index is -0.386. The molecule has 0 bridgehead atoms. The number of carbonyl (C=O) groups is 2. The first-order valence-electron chi connectivity index (χ1n) is 9.88. The molecule has 0 aliphatic heterocycles. The fourth-order valence-corrected chi connectivity index (χ4v) is 2.10. The van der Waals surface area contributed by atoms with Crippen LogP contribution in [0.2, 0.25) is 0 Å². The lowest BCUT2D eigenvalue weighted by Crippen LogP contribution is -2.33. The maximum atomic E-state index is 11.5. The summed E-state index contributed by atoms with van der Waals surface area (Å²) < 4.78 is 22.2. The van der Waals surface area contributed by atoms with Gasteiger partial charge in [-0.3, -0.25) is 0 Å². The maximum absolute atomic E-state index is 11.5. The van der Waals surface area contributed by atoms with Crippen LogP contribution in [0.3, 0.4) is 0 Å². The van der Waals surface area contributed by atoms with Crippen LogP contribution in [0.25, 0.3) is 0 Å². The van der Waals surface area contributed by atoms with E-state index in [1.165, 1.54) is 0 Å². The third kappa shape index (κ3) is 13.2. The van der Waals surface area contributed by atoms with Crippen LogP contribution in [0.5, 0.6) is 0 Å². The number of esters is 2. The van der Waals surface area contributed by atoms with Crippen molar-refractivity contribution in [2.45, 2.75) is 55.4 Å². The second-order valence-electron chi connectivity index (χ2n) is 10.2. The zero-order chi connectivity index (χ0) is 22.9. The predicted octanol–water partition coefficient (Wildman–Crippen LogP) is 4.34. The Labute approximate surface area is 176 Å². The van der Waals surface area contributed by atoms with Gasteiger partial charge in [0.2, 0.25) is 0 Å². The molecule has 0 aliphatic rings. The Morgan fingerprint density at radius 2 is 0.828 bits per heavy atom. The van der Waals surface area contributed by atoms with E-state index < -0.39 is 0 Å². The number of carbonyl (C=O) groups excluding carboxylic acids is 2. The van der Waals surface area contributed by atoms with Gasteiger partial charge in [0.05, 0.1) is 39.6 Å². The minimum absolute atomic E-state index is 0.186. The van der Waals surface area contributed by atoms with Crippen molar-refractivity contribution in [1.82, 2.24) is 0 Å². The van der Waals surface area contributed by atoms with Gasteiger partial charge < -0.3 is 18.9 Å². The summed E-state index contributed by atoms with van der Waals surface area (Å²) in [5.74, 6) is -0.772. The molecule has 0 amide bonds. The fourth-order valence-electron chi connectivity index (χ4n) is 2.10. The molecule has 0 aromatic rings. The summed E-state index contributed by atoms with van der Waals surface area (Å²) in [5, 5.41) is 0. The van der Waals surface area contributed by atoms with Gasteiger partial charge in [-0.1, -0.05) is 54.7 Å². The molecular weight excluding hydrogens is 372 g/mol. The average molecular weight is 413 g/mol. The van der Waals surface area contributed by atoms with Crippen molar-refractivity contribution in [2.75, 3.05) is 39.6 Å². The van der Waals surface area contributed by atoms with E-state index in [-0.39, 0.29) is 41.4 Å². The highest BCUT2D eigenvalue weighted by molar-refractivity contribution is 5.87. The van der Waals surface area contributed by atoms with Crippen LogP contribution in [-0.4, -0.2) is 51.6 Å². The van der Waals surface area contributed by atoms with Gasteiger partial charge in [-0.15, -0.1) is 0 Å². The summed E-state index contributed by atoms with van der Waals surface area (Å²) in [7, 11) is 0. The van der Waals surface area contributed by atoms with Gasteiger partial charge in [-0.2, -0.15) is 0 Å². The molecule has 0 unspecified atom stereocenters. The van der Waals surface area contributed by atoms with E-state index >= 15 is 0 Å². The predicted molar refractivity (Wildman–Crippen MR) is 115 cm³/mol. The van der Waals surface area contributed by atoms with Crippen molar-refractivity contribution in [3.8, 4) is 0 Å². The van der Waals surface area contributed by atoms with Gasteiger partial charge in [0.15, 0.2) is 0 Å². The number of ether oxygens (including phenoxy) is 4. The van der Waals surface area contributed by atoms with Crippen molar-refractivity contribution >= 4 is 11.9 Å². The molecule has 6 nitrogen and oxygen atoms in total. The smallest absolute Gasteiger partial charge is 0.333 e. The molecule has 0 aromatic carbocycles. The topological polar surface area (TPSA) is 71.1 Å². The van der Waals surface area contributed by atoms with Crippen LogP contribution in [0.15, 0.2) is 24.3 Å². The Bertz CT molecular complexity index is 536. The highest BCUT2D eigenvalue weighted by Crippen LogP contribution is 2.23. The Hall–Kier alpha value is -1.66. The molecule has 0 saturated carbocycles. The molecule has 0 N–H and O–H groups in total. The van der Waals surface area contributed by atoms with E-state index in [1.807, 2.05) is 27.7 Å².